The van der Waals surface area contributed by atoms with E-state index in [0.29, 0.717) is 18.7 Å². The average Bonchev–Trinajstić information content (AvgIpc) is 2.79. The predicted octanol–water partition coefficient (Wildman–Crippen LogP) is 3.81. The Morgan fingerprint density at radius 2 is 1.77 bits per heavy atom. The molecule has 1 aliphatic heterocycles. The molecule has 6 heteroatoms. The Labute approximate surface area is 159 Å². The second-order valence-corrected chi connectivity index (χ2v) is 7.30. The number of hydrogen-bond acceptors (Lipinski definition) is 3. The van der Waals surface area contributed by atoms with E-state index in [-0.39, 0.29) is 17.8 Å². The number of anilines is 1. The number of hydrogen-bond donors (Lipinski definition) is 2. The van der Waals surface area contributed by atoms with Crippen LogP contribution < -0.4 is 10.2 Å². The lowest BCUT2D eigenvalue weighted by atomic mass is 9.87. The molecule has 3 nitrogen and oxygen atoms in total. The fourth-order valence-electron chi connectivity index (χ4n) is 3.82. The smallest absolute Gasteiger partial charge is 0.126 e. The molecule has 26 heavy (non-hydrogen) atoms. The van der Waals surface area contributed by atoms with Crippen LogP contribution in [0.1, 0.15) is 31.0 Å². The molecular formula is C20H25ClF2N2O. The lowest BCUT2D eigenvalue weighted by Gasteiger charge is -2.35. The molecule has 0 bridgehead atoms. The van der Waals surface area contributed by atoms with E-state index in [1.165, 1.54) is 17.7 Å². The van der Waals surface area contributed by atoms with E-state index in [2.05, 4.69) is 30.1 Å². The normalized spacial score (nSPS) is 17.4. The van der Waals surface area contributed by atoms with E-state index in [0.717, 1.165) is 11.8 Å². The van der Waals surface area contributed by atoms with Crippen LogP contribution in [0.5, 0.6) is 0 Å². The first-order valence-electron chi connectivity index (χ1n) is 8.48. The minimum Gasteiger partial charge on any atom is -0.389 e. The number of nitrogens with one attached hydrogen (secondary N) is 1. The van der Waals surface area contributed by atoms with Crippen molar-refractivity contribution < 1.29 is 13.9 Å². The Hall–Kier alpha value is -1.69. The summed E-state index contributed by atoms with van der Waals surface area (Å²) in [4.78, 5) is 2.06. The zero-order chi connectivity index (χ0) is 18.2. The van der Waals surface area contributed by atoms with Crippen LogP contribution in [0.4, 0.5) is 14.5 Å². The van der Waals surface area contributed by atoms with Gasteiger partial charge in [-0.1, -0.05) is 32.0 Å². The Morgan fingerprint density at radius 3 is 2.38 bits per heavy atom. The zero-order valence-corrected chi connectivity index (χ0v) is 16.0. The maximum atomic E-state index is 13.8. The monoisotopic (exact) mass is 382 g/mol. The second-order valence-electron chi connectivity index (χ2n) is 7.30. The van der Waals surface area contributed by atoms with Crippen molar-refractivity contribution in [1.29, 1.82) is 0 Å². The van der Waals surface area contributed by atoms with Gasteiger partial charge in [0.15, 0.2) is 0 Å². The zero-order valence-electron chi connectivity index (χ0n) is 15.2. The van der Waals surface area contributed by atoms with E-state index in [9.17, 15) is 13.9 Å². The molecule has 0 saturated carbocycles. The number of nitrogens with zero attached hydrogens (tertiary/aromatic N) is 1. The van der Waals surface area contributed by atoms with E-state index in [1.807, 2.05) is 18.2 Å². The lowest BCUT2D eigenvalue weighted by molar-refractivity contribution is 0.139. The maximum Gasteiger partial charge on any atom is 0.126 e. The van der Waals surface area contributed by atoms with Gasteiger partial charge in [-0.25, -0.2) is 8.78 Å². The molecule has 142 valence electrons. The standard InChI is InChI=1S/C20H24F2N2O.ClH/c1-20(2)12-24(17-7-5-4-6-16(17)20)19(18(25)11-23-3)13-8-14(21)10-15(22)9-13;/h4-10,18-19,23,25H,11-12H2,1-3H3;1H/t18-,19+;/m1./s1. The van der Waals surface area contributed by atoms with Gasteiger partial charge in [-0.2, -0.15) is 0 Å². The van der Waals surface area contributed by atoms with Crippen molar-refractivity contribution in [3.8, 4) is 0 Å². The average molecular weight is 383 g/mol. The molecule has 2 aromatic carbocycles. The molecule has 0 aliphatic carbocycles. The van der Waals surface area contributed by atoms with Crippen molar-refractivity contribution in [3.05, 3.63) is 65.2 Å². The number of fused-ring (bicyclic) bond motifs is 1. The third kappa shape index (κ3) is 3.85. The molecule has 2 atom stereocenters. The molecule has 0 spiro atoms. The fraction of sp³-hybridized carbons (Fsp3) is 0.400. The highest BCUT2D eigenvalue weighted by Crippen LogP contribution is 2.45. The van der Waals surface area contributed by atoms with Gasteiger partial charge >= 0.3 is 0 Å². The summed E-state index contributed by atoms with van der Waals surface area (Å²) in [6.07, 6.45) is -0.812. The highest BCUT2D eigenvalue weighted by molar-refractivity contribution is 5.85. The predicted molar refractivity (Wildman–Crippen MR) is 103 cm³/mol. The van der Waals surface area contributed by atoms with Crippen LogP contribution in [0.15, 0.2) is 42.5 Å². The van der Waals surface area contributed by atoms with Gasteiger partial charge in [-0.05, 0) is 36.4 Å². The van der Waals surface area contributed by atoms with Gasteiger partial charge in [0.2, 0.25) is 0 Å². The first-order valence-corrected chi connectivity index (χ1v) is 8.48. The highest BCUT2D eigenvalue weighted by Gasteiger charge is 2.40. The molecule has 1 heterocycles. The third-order valence-corrected chi connectivity index (χ3v) is 4.85. The fourth-order valence-corrected chi connectivity index (χ4v) is 3.82. The van der Waals surface area contributed by atoms with Gasteiger partial charge in [0.1, 0.15) is 11.6 Å². The quantitative estimate of drug-likeness (QED) is 0.825. The highest BCUT2D eigenvalue weighted by atomic mass is 35.5. The van der Waals surface area contributed by atoms with Crippen molar-refractivity contribution in [3.63, 3.8) is 0 Å². The van der Waals surface area contributed by atoms with E-state index >= 15 is 0 Å². The SMILES string of the molecule is CNC[C@@H](O)[C@H](c1cc(F)cc(F)c1)N1CC(C)(C)c2ccccc21.Cl. The number of aliphatic hydroxyl groups excluding tert-OH is 1. The number of para-hydroxylation sites is 1. The largest absolute Gasteiger partial charge is 0.389 e. The van der Waals surface area contributed by atoms with E-state index in [1.54, 1.807) is 7.05 Å². The maximum absolute atomic E-state index is 13.8. The van der Waals surface area contributed by atoms with Gasteiger partial charge in [-0.3, -0.25) is 0 Å². The van der Waals surface area contributed by atoms with Gasteiger partial charge in [0.25, 0.3) is 0 Å². The van der Waals surface area contributed by atoms with Gasteiger partial charge in [-0.15, -0.1) is 12.4 Å². The molecule has 2 N–H and O–H groups in total. The number of benzene rings is 2. The molecular weight excluding hydrogens is 358 g/mol. The first kappa shape index (κ1) is 20.6. The van der Waals surface area contributed by atoms with Crippen LogP contribution in [-0.2, 0) is 5.41 Å². The summed E-state index contributed by atoms with van der Waals surface area (Å²) >= 11 is 0. The minimum absolute atomic E-state index is 0. The summed E-state index contributed by atoms with van der Waals surface area (Å²) in [6, 6.07) is 10.9. The van der Waals surface area contributed by atoms with Gasteiger partial charge in [0, 0.05) is 30.3 Å². The van der Waals surface area contributed by atoms with Crippen molar-refractivity contribution in [2.75, 3.05) is 25.0 Å². The van der Waals surface area contributed by atoms with Crippen LogP contribution in [-0.4, -0.2) is 31.3 Å². The van der Waals surface area contributed by atoms with E-state index in [4.69, 9.17) is 0 Å². The molecule has 0 aromatic heterocycles. The van der Waals surface area contributed by atoms with Crippen molar-refractivity contribution in [1.82, 2.24) is 5.32 Å². The van der Waals surface area contributed by atoms with Gasteiger partial charge < -0.3 is 15.3 Å². The van der Waals surface area contributed by atoms with Crippen molar-refractivity contribution in [2.24, 2.45) is 0 Å². The minimum atomic E-state index is -0.812. The Bertz CT molecular complexity index is 749. The summed E-state index contributed by atoms with van der Waals surface area (Å²) in [5, 5.41) is 13.7. The number of aliphatic hydroxyl groups is 1. The van der Waals surface area contributed by atoms with Crippen LogP contribution in [0, 0.1) is 11.6 Å². The summed E-state index contributed by atoms with van der Waals surface area (Å²) in [5.74, 6) is -1.27. The van der Waals surface area contributed by atoms with Crippen LogP contribution in [0.2, 0.25) is 0 Å². The first-order chi connectivity index (χ1) is 11.8. The molecule has 2 aromatic rings. The third-order valence-electron chi connectivity index (χ3n) is 4.85. The second kappa shape index (κ2) is 7.91. The Balaban J connectivity index is 0.00000243. The van der Waals surface area contributed by atoms with Crippen molar-refractivity contribution in [2.45, 2.75) is 31.4 Å². The topological polar surface area (TPSA) is 35.5 Å². The number of halogens is 3. The van der Waals surface area contributed by atoms with Crippen LogP contribution in [0.25, 0.3) is 0 Å². The number of likely N-dealkylation sites (N-methyl/N-ethyl adjacent to an activating group) is 1. The Morgan fingerprint density at radius 1 is 1.15 bits per heavy atom. The lowest BCUT2D eigenvalue weighted by Crippen LogP contribution is -2.42. The summed E-state index contributed by atoms with van der Waals surface area (Å²) in [7, 11) is 1.74. The van der Waals surface area contributed by atoms with Crippen LogP contribution >= 0.6 is 12.4 Å². The Kier molecular flexibility index (Phi) is 6.27. The van der Waals surface area contributed by atoms with Gasteiger partial charge in [0.05, 0.1) is 12.1 Å². The molecule has 0 saturated heterocycles. The van der Waals surface area contributed by atoms with E-state index < -0.39 is 23.8 Å². The molecule has 0 radical (unpaired) electrons. The van der Waals surface area contributed by atoms with Crippen molar-refractivity contribution >= 4 is 18.1 Å². The molecule has 1 aliphatic rings. The molecule has 0 unspecified atom stereocenters. The summed E-state index contributed by atoms with van der Waals surface area (Å²) in [6.45, 7) is 5.26. The molecule has 3 rings (SSSR count). The number of rotatable bonds is 5. The molecule has 0 amide bonds. The molecule has 0 fully saturated rings. The summed E-state index contributed by atoms with van der Waals surface area (Å²) in [5.41, 5.74) is 2.50. The summed E-state index contributed by atoms with van der Waals surface area (Å²) < 4.78 is 27.6. The van der Waals surface area contributed by atoms with Crippen LogP contribution in [0.3, 0.4) is 0 Å².